The van der Waals surface area contributed by atoms with Crippen molar-refractivity contribution < 1.29 is 0 Å². The molecular weight excluding hydrogens is 280 g/mol. The number of aromatic nitrogens is 2. The second-order valence-electron chi connectivity index (χ2n) is 1.66. The smallest absolute Gasteiger partial charge is 0.0798 e. The molecule has 2 nitrogen and oxygen atoms in total. The van der Waals surface area contributed by atoms with E-state index in [2.05, 4.69) is 41.4 Å². The molecule has 1 heterocycles. The molecule has 0 aromatic carbocycles. The van der Waals surface area contributed by atoms with Crippen LogP contribution in [0.1, 0.15) is 10.6 Å². The fraction of sp³-hybridized carbons (Fsp3) is 0.200. The summed E-state index contributed by atoms with van der Waals surface area (Å²) in [6.45, 7) is 1.93. The summed E-state index contributed by atoms with van der Waals surface area (Å²) in [5, 5.41) is 3.85. The van der Waals surface area contributed by atoms with Gasteiger partial charge in [0.05, 0.1) is 14.0 Å². The molecule has 0 saturated heterocycles. The number of nitrogens with zero attached hydrogens (tertiary/aromatic N) is 2. The molecule has 5 heteroatoms. The number of halogens is 2. The number of hydrogen-bond donors (Lipinski definition) is 0. The summed E-state index contributed by atoms with van der Waals surface area (Å²) in [5.41, 5.74) is 0.960. The van der Waals surface area contributed by atoms with Crippen LogP contribution in [0.5, 0.6) is 0 Å². The van der Waals surface area contributed by atoms with Gasteiger partial charge in [-0.15, -0.1) is 5.10 Å². The molecule has 0 aliphatic rings. The van der Waals surface area contributed by atoms with Gasteiger partial charge in [-0.1, -0.05) is 4.49 Å². The number of rotatable bonds is 1. The van der Waals surface area contributed by atoms with Crippen molar-refractivity contribution in [3.8, 4) is 0 Å². The van der Waals surface area contributed by atoms with Crippen LogP contribution in [0.4, 0.5) is 0 Å². The fourth-order valence-electron chi connectivity index (χ4n) is 0.471. The van der Waals surface area contributed by atoms with Gasteiger partial charge in [0.2, 0.25) is 0 Å². The number of aryl methyl sites for hydroxylation is 1. The third kappa shape index (κ3) is 2.14. The van der Waals surface area contributed by atoms with Gasteiger partial charge in [-0.2, -0.15) is 0 Å². The summed E-state index contributed by atoms with van der Waals surface area (Å²) >= 11 is 7.90. The van der Waals surface area contributed by atoms with Gasteiger partial charge < -0.3 is 0 Å². The van der Waals surface area contributed by atoms with Crippen LogP contribution in [0.2, 0.25) is 0 Å². The van der Waals surface area contributed by atoms with Crippen molar-refractivity contribution in [2.24, 2.45) is 0 Å². The van der Waals surface area contributed by atoms with E-state index in [4.69, 9.17) is 0 Å². The molecule has 0 aliphatic heterocycles. The van der Waals surface area contributed by atoms with Crippen LogP contribution >= 0.6 is 43.4 Å². The first-order chi connectivity index (χ1) is 4.70. The molecule has 10 heavy (non-hydrogen) atoms. The SMILES string of the molecule is Cc1nnsc1C=C(Br)Br. The highest BCUT2D eigenvalue weighted by Gasteiger charge is 1.98. The molecule has 1 rings (SSSR count). The first-order valence-electron chi connectivity index (χ1n) is 2.52. The van der Waals surface area contributed by atoms with E-state index in [0.717, 1.165) is 14.0 Å². The van der Waals surface area contributed by atoms with Crippen LogP contribution in [0.15, 0.2) is 3.39 Å². The Morgan fingerprint density at radius 2 is 2.30 bits per heavy atom. The van der Waals surface area contributed by atoms with E-state index in [1.165, 1.54) is 11.5 Å². The van der Waals surface area contributed by atoms with Crippen LogP contribution in [0.25, 0.3) is 6.08 Å². The predicted molar refractivity (Wildman–Crippen MR) is 50.5 cm³/mol. The second kappa shape index (κ2) is 3.59. The molecule has 0 bridgehead atoms. The lowest BCUT2D eigenvalue weighted by atomic mass is 10.4. The maximum Gasteiger partial charge on any atom is 0.0798 e. The lowest BCUT2D eigenvalue weighted by molar-refractivity contribution is 1.09. The van der Waals surface area contributed by atoms with Crippen molar-refractivity contribution in [3.05, 3.63) is 14.0 Å². The van der Waals surface area contributed by atoms with E-state index in [-0.39, 0.29) is 0 Å². The second-order valence-corrected chi connectivity index (χ2v) is 5.22. The van der Waals surface area contributed by atoms with Gasteiger partial charge in [0, 0.05) is 0 Å². The highest BCUT2D eigenvalue weighted by molar-refractivity contribution is 9.28. The van der Waals surface area contributed by atoms with Crippen LogP contribution in [0, 0.1) is 6.92 Å². The Labute approximate surface area is 79.8 Å². The molecule has 0 atom stereocenters. The molecule has 1 aromatic rings. The molecule has 54 valence electrons. The third-order valence-electron chi connectivity index (χ3n) is 0.927. The zero-order chi connectivity index (χ0) is 7.56. The molecular formula is C5H4Br2N2S. The average Bonchev–Trinajstić information content (AvgIpc) is 2.15. The first kappa shape index (κ1) is 8.36. The summed E-state index contributed by atoms with van der Waals surface area (Å²) in [7, 11) is 0. The minimum absolute atomic E-state index is 0.911. The van der Waals surface area contributed by atoms with Crippen molar-refractivity contribution in [2.45, 2.75) is 6.92 Å². The van der Waals surface area contributed by atoms with Crippen molar-refractivity contribution in [3.63, 3.8) is 0 Å². The standard InChI is InChI=1S/C5H4Br2N2S/c1-3-4(2-5(6)7)10-9-8-3/h2H,1H3. The Kier molecular flexibility index (Phi) is 3.00. The Bertz CT molecular complexity index is 252. The number of hydrogen-bond acceptors (Lipinski definition) is 3. The van der Waals surface area contributed by atoms with Crippen molar-refractivity contribution in [2.75, 3.05) is 0 Å². The zero-order valence-electron chi connectivity index (χ0n) is 5.14. The Morgan fingerprint density at radius 3 is 2.70 bits per heavy atom. The highest BCUT2D eigenvalue weighted by atomic mass is 79.9. The van der Waals surface area contributed by atoms with Gasteiger partial charge >= 0.3 is 0 Å². The monoisotopic (exact) mass is 282 g/mol. The van der Waals surface area contributed by atoms with E-state index in [0.29, 0.717) is 0 Å². The molecule has 0 unspecified atom stereocenters. The summed E-state index contributed by atoms with van der Waals surface area (Å²) in [4.78, 5) is 1.07. The van der Waals surface area contributed by atoms with E-state index in [1.807, 2.05) is 13.0 Å². The lowest BCUT2D eigenvalue weighted by Gasteiger charge is -1.83. The normalized spacial score (nSPS) is 9.50. The molecule has 0 spiro atoms. The molecule has 0 radical (unpaired) electrons. The Hall–Kier alpha value is 0.260. The summed E-state index contributed by atoms with van der Waals surface area (Å²) < 4.78 is 4.69. The lowest BCUT2D eigenvalue weighted by Crippen LogP contribution is -1.72. The van der Waals surface area contributed by atoms with Gasteiger partial charge in [-0.25, -0.2) is 0 Å². The summed E-state index contributed by atoms with van der Waals surface area (Å²) in [6.07, 6.45) is 1.93. The summed E-state index contributed by atoms with van der Waals surface area (Å²) in [5.74, 6) is 0. The van der Waals surface area contributed by atoms with Crippen LogP contribution in [0.3, 0.4) is 0 Å². The molecule has 0 amide bonds. The van der Waals surface area contributed by atoms with E-state index < -0.39 is 0 Å². The van der Waals surface area contributed by atoms with Gasteiger partial charge in [0.1, 0.15) is 0 Å². The molecule has 1 aromatic heterocycles. The van der Waals surface area contributed by atoms with E-state index in [9.17, 15) is 0 Å². The maximum atomic E-state index is 3.85. The van der Waals surface area contributed by atoms with E-state index in [1.54, 1.807) is 0 Å². The quantitative estimate of drug-likeness (QED) is 0.792. The molecule has 0 fully saturated rings. The molecule has 0 saturated carbocycles. The van der Waals surface area contributed by atoms with Gasteiger partial charge in [0.15, 0.2) is 0 Å². The minimum Gasteiger partial charge on any atom is -0.143 e. The summed E-state index contributed by atoms with van der Waals surface area (Å²) in [6, 6.07) is 0. The predicted octanol–water partition coefficient (Wildman–Crippen LogP) is 2.93. The maximum absolute atomic E-state index is 3.85. The minimum atomic E-state index is 0.911. The van der Waals surface area contributed by atoms with Gasteiger partial charge in [-0.05, 0) is 56.4 Å². The van der Waals surface area contributed by atoms with Gasteiger partial charge in [-0.3, -0.25) is 0 Å². The largest absolute Gasteiger partial charge is 0.143 e. The highest BCUT2D eigenvalue weighted by Crippen LogP contribution is 2.21. The van der Waals surface area contributed by atoms with Crippen LogP contribution < -0.4 is 0 Å². The van der Waals surface area contributed by atoms with Crippen LogP contribution in [-0.2, 0) is 0 Å². The topological polar surface area (TPSA) is 25.8 Å². The van der Waals surface area contributed by atoms with Crippen molar-refractivity contribution in [1.82, 2.24) is 9.59 Å². The third-order valence-corrected chi connectivity index (χ3v) is 2.16. The first-order valence-corrected chi connectivity index (χ1v) is 4.88. The average molecular weight is 284 g/mol. The fourth-order valence-corrected chi connectivity index (χ4v) is 1.83. The Balaban J connectivity index is 2.95. The van der Waals surface area contributed by atoms with Crippen molar-refractivity contribution >= 4 is 49.5 Å². The van der Waals surface area contributed by atoms with Crippen molar-refractivity contribution in [1.29, 1.82) is 0 Å². The van der Waals surface area contributed by atoms with E-state index >= 15 is 0 Å². The molecule has 0 N–H and O–H groups in total. The zero-order valence-corrected chi connectivity index (χ0v) is 9.12. The Morgan fingerprint density at radius 1 is 1.60 bits per heavy atom. The molecule has 0 aliphatic carbocycles. The van der Waals surface area contributed by atoms with Crippen LogP contribution in [-0.4, -0.2) is 9.59 Å². The van der Waals surface area contributed by atoms with Gasteiger partial charge in [0.25, 0.3) is 0 Å².